The predicted molar refractivity (Wildman–Crippen MR) is 102 cm³/mol. The van der Waals surface area contributed by atoms with E-state index in [0.29, 0.717) is 12.3 Å². The fourth-order valence-corrected chi connectivity index (χ4v) is 4.26. The summed E-state index contributed by atoms with van der Waals surface area (Å²) in [5.41, 5.74) is 5.12. The molecule has 0 aliphatic carbocycles. The van der Waals surface area contributed by atoms with E-state index in [1.807, 2.05) is 0 Å². The first kappa shape index (κ1) is 18.1. The molecule has 0 amide bonds. The van der Waals surface area contributed by atoms with Crippen molar-refractivity contribution in [3.63, 3.8) is 0 Å². The largest absolute Gasteiger partial charge is 0.302 e. The molecule has 25 heavy (non-hydrogen) atoms. The van der Waals surface area contributed by atoms with Gasteiger partial charge in [-0.05, 0) is 55.7 Å². The van der Waals surface area contributed by atoms with E-state index in [0.717, 1.165) is 25.1 Å². The molecule has 1 aliphatic rings. The van der Waals surface area contributed by atoms with Crippen molar-refractivity contribution in [2.45, 2.75) is 25.3 Å². The second-order valence-corrected chi connectivity index (χ2v) is 8.84. The first-order valence-corrected chi connectivity index (χ1v) is 10.4. The molecule has 1 unspecified atom stereocenters. The number of nitrogens with one attached hydrogen (secondary N) is 1. The van der Waals surface area contributed by atoms with Crippen LogP contribution < -0.4 is 4.72 Å². The van der Waals surface area contributed by atoms with E-state index >= 15 is 0 Å². The monoisotopic (exact) mass is 358 g/mol. The Kier molecular flexibility index (Phi) is 5.57. The molecule has 3 rings (SSSR count). The van der Waals surface area contributed by atoms with Crippen LogP contribution in [0.5, 0.6) is 0 Å². The van der Waals surface area contributed by atoms with Crippen LogP contribution in [0.25, 0.3) is 0 Å². The topological polar surface area (TPSA) is 49.4 Å². The number of aryl methyl sites for hydroxylation is 1. The van der Waals surface area contributed by atoms with Gasteiger partial charge in [0.15, 0.2) is 0 Å². The highest BCUT2D eigenvalue weighted by Crippen LogP contribution is 2.34. The van der Waals surface area contributed by atoms with Gasteiger partial charge in [0.1, 0.15) is 0 Å². The molecule has 0 aromatic heterocycles. The molecule has 1 aliphatic heterocycles. The number of nitrogens with zero attached hydrogens (tertiary/aromatic N) is 1. The Balaban J connectivity index is 1.90. The lowest BCUT2D eigenvalue weighted by Crippen LogP contribution is -2.23. The Morgan fingerprint density at radius 3 is 2.64 bits per heavy atom. The third-order valence-electron chi connectivity index (χ3n) is 4.99. The number of fused-ring (bicyclic) bond motifs is 1. The smallest absolute Gasteiger partial charge is 0.211 e. The molecule has 0 fully saturated rings. The Morgan fingerprint density at radius 1 is 1.16 bits per heavy atom. The minimum atomic E-state index is -3.17. The second-order valence-electron chi connectivity index (χ2n) is 6.80. The highest BCUT2D eigenvalue weighted by atomic mass is 32.2. The van der Waals surface area contributed by atoms with Crippen molar-refractivity contribution in [2.24, 2.45) is 0 Å². The molecule has 0 saturated heterocycles. The van der Waals surface area contributed by atoms with Gasteiger partial charge < -0.3 is 4.90 Å². The molecule has 2 aromatic carbocycles. The lowest BCUT2D eigenvalue weighted by Gasteiger charge is -2.18. The van der Waals surface area contributed by atoms with Crippen molar-refractivity contribution in [2.75, 3.05) is 26.4 Å². The van der Waals surface area contributed by atoms with Crippen LogP contribution in [0, 0.1) is 0 Å². The summed E-state index contributed by atoms with van der Waals surface area (Å²) in [5.74, 6) is 0.525. The Morgan fingerprint density at radius 2 is 1.92 bits per heavy atom. The van der Waals surface area contributed by atoms with Crippen molar-refractivity contribution < 1.29 is 8.42 Å². The van der Waals surface area contributed by atoms with Gasteiger partial charge in [0.2, 0.25) is 10.0 Å². The maximum atomic E-state index is 11.7. The molecule has 1 N–H and O–H groups in total. The van der Waals surface area contributed by atoms with Gasteiger partial charge >= 0.3 is 0 Å². The molecule has 0 bridgehead atoms. The maximum absolute atomic E-state index is 11.7. The zero-order valence-corrected chi connectivity index (χ0v) is 15.7. The highest BCUT2D eigenvalue weighted by molar-refractivity contribution is 7.89. The fraction of sp³-hybridized carbons (Fsp3) is 0.400. The van der Waals surface area contributed by atoms with E-state index in [-0.39, 0.29) is 5.75 Å². The first-order chi connectivity index (χ1) is 12.0. The standard InChI is InChI=1S/C20H26N2O2S/c1-21-25(23,24)13-11-16-8-9-19-18(14-16)15-22(2)12-10-20(19)17-6-4-3-5-7-17/h3-9,14,20-21H,10-13,15H2,1-2H3. The summed E-state index contributed by atoms with van der Waals surface area (Å²) in [6, 6.07) is 17.1. The van der Waals surface area contributed by atoms with Crippen LogP contribution in [-0.2, 0) is 23.0 Å². The zero-order chi connectivity index (χ0) is 17.9. The van der Waals surface area contributed by atoms with E-state index in [2.05, 4.69) is 65.2 Å². The minimum Gasteiger partial charge on any atom is -0.302 e. The van der Waals surface area contributed by atoms with Crippen molar-refractivity contribution in [3.8, 4) is 0 Å². The summed E-state index contributed by atoms with van der Waals surface area (Å²) in [4.78, 5) is 2.34. The van der Waals surface area contributed by atoms with E-state index in [1.54, 1.807) is 0 Å². The molecule has 4 nitrogen and oxygen atoms in total. The molecular formula is C20H26N2O2S. The van der Waals surface area contributed by atoms with Gasteiger partial charge in [0.05, 0.1) is 5.75 Å². The van der Waals surface area contributed by atoms with Gasteiger partial charge in [-0.2, -0.15) is 0 Å². The average Bonchev–Trinajstić information content (AvgIpc) is 2.78. The molecule has 1 heterocycles. The quantitative estimate of drug-likeness (QED) is 0.894. The molecular weight excluding hydrogens is 332 g/mol. The van der Waals surface area contributed by atoms with Crippen LogP contribution >= 0.6 is 0 Å². The molecule has 0 spiro atoms. The SMILES string of the molecule is CNS(=O)(=O)CCc1ccc2c(c1)CN(C)CCC2c1ccccc1. The van der Waals surface area contributed by atoms with Crippen molar-refractivity contribution in [3.05, 3.63) is 70.8 Å². The molecule has 1 atom stereocenters. The van der Waals surface area contributed by atoms with Crippen LogP contribution in [0.4, 0.5) is 0 Å². The lowest BCUT2D eigenvalue weighted by molar-refractivity contribution is 0.328. The van der Waals surface area contributed by atoms with Gasteiger partial charge in [-0.3, -0.25) is 0 Å². The average molecular weight is 359 g/mol. The normalized spacial score (nSPS) is 18.6. The Hall–Kier alpha value is -1.69. The Bertz CT molecular complexity index is 819. The minimum absolute atomic E-state index is 0.125. The maximum Gasteiger partial charge on any atom is 0.211 e. The van der Waals surface area contributed by atoms with E-state index in [1.165, 1.54) is 23.7 Å². The van der Waals surface area contributed by atoms with Crippen LogP contribution in [-0.4, -0.2) is 39.7 Å². The second kappa shape index (κ2) is 7.68. The van der Waals surface area contributed by atoms with Crippen LogP contribution in [0.2, 0.25) is 0 Å². The van der Waals surface area contributed by atoms with Gasteiger partial charge in [-0.25, -0.2) is 13.1 Å². The molecule has 0 saturated carbocycles. The van der Waals surface area contributed by atoms with Gasteiger partial charge in [-0.15, -0.1) is 0 Å². The van der Waals surface area contributed by atoms with Crippen LogP contribution in [0.15, 0.2) is 48.5 Å². The van der Waals surface area contributed by atoms with Gasteiger partial charge in [0.25, 0.3) is 0 Å². The molecule has 2 aromatic rings. The van der Waals surface area contributed by atoms with Crippen molar-refractivity contribution in [1.82, 2.24) is 9.62 Å². The van der Waals surface area contributed by atoms with Crippen LogP contribution in [0.3, 0.4) is 0 Å². The molecule has 0 radical (unpaired) electrons. The summed E-state index contributed by atoms with van der Waals surface area (Å²) in [5, 5.41) is 0. The van der Waals surface area contributed by atoms with Gasteiger partial charge in [0, 0.05) is 12.5 Å². The number of hydrogen-bond donors (Lipinski definition) is 1. The summed E-state index contributed by atoms with van der Waals surface area (Å²) in [7, 11) is 0.441. The molecule has 134 valence electrons. The number of rotatable bonds is 5. The highest BCUT2D eigenvalue weighted by Gasteiger charge is 2.22. The Labute approximate surface area is 150 Å². The van der Waals surface area contributed by atoms with E-state index < -0.39 is 10.0 Å². The van der Waals surface area contributed by atoms with Gasteiger partial charge in [-0.1, -0.05) is 48.5 Å². The van der Waals surface area contributed by atoms with Crippen LogP contribution in [0.1, 0.15) is 34.6 Å². The summed E-state index contributed by atoms with van der Waals surface area (Å²) >= 11 is 0. The summed E-state index contributed by atoms with van der Waals surface area (Å²) in [6.07, 6.45) is 1.64. The molecule has 5 heteroatoms. The fourth-order valence-electron chi connectivity index (χ4n) is 3.55. The van der Waals surface area contributed by atoms with Crippen molar-refractivity contribution in [1.29, 1.82) is 0 Å². The lowest BCUT2D eigenvalue weighted by atomic mass is 9.86. The zero-order valence-electron chi connectivity index (χ0n) is 14.9. The van der Waals surface area contributed by atoms with E-state index in [9.17, 15) is 8.42 Å². The summed E-state index contributed by atoms with van der Waals surface area (Å²) in [6.45, 7) is 1.96. The number of benzene rings is 2. The third kappa shape index (κ3) is 4.48. The number of sulfonamides is 1. The van der Waals surface area contributed by atoms with Crippen molar-refractivity contribution >= 4 is 10.0 Å². The summed E-state index contributed by atoms with van der Waals surface area (Å²) < 4.78 is 25.8. The predicted octanol–water partition coefficient (Wildman–Crippen LogP) is 2.75. The number of hydrogen-bond acceptors (Lipinski definition) is 3. The first-order valence-electron chi connectivity index (χ1n) is 8.75. The van der Waals surface area contributed by atoms with E-state index in [4.69, 9.17) is 0 Å². The third-order valence-corrected chi connectivity index (χ3v) is 6.36.